The number of hydrogen-bond acceptors (Lipinski definition) is 4. The van der Waals surface area contributed by atoms with Crippen LogP contribution in [0.4, 0.5) is 5.69 Å². The summed E-state index contributed by atoms with van der Waals surface area (Å²) >= 11 is 0. The number of anilines is 1. The molecule has 1 fully saturated rings. The fourth-order valence-electron chi connectivity index (χ4n) is 4.86. The van der Waals surface area contributed by atoms with E-state index in [1.165, 1.54) is 6.92 Å². The molecule has 2 aromatic rings. The standard InChI is InChI=1S/C24H27N3O3/c1-4-27-21-14-26(13-17-9-11-18(12-10-17)25-16(2)28)15-24(21,3)22(29)19-7-5-6-8-20(19)23(27)30/h5-12,21H,4,13-15H2,1-3H3,(H,25,28)/t21-,24+/m1/s1. The van der Waals surface area contributed by atoms with Crippen LogP contribution in [0.25, 0.3) is 0 Å². The first-order valence-corrected chi connectivity index (χ1v) is 10.4. The first-order chi connectivity index (χ1) is 14.3. The zero-order valence-electron chi connectivity index (χ0n) is 17.6. The van der Waals surface area contributed by atoms with Crippen LogP contribution in [-0.4, -0.2) is 53.1 Å². The van der Waals surface area contributed by atoms with Crippen LogP contribution in [0.3, 0.4) is 0 Å². The quantitative estimate of drug-likeness (QED) is 0.848. The second-order valence-electron chi connectivity index (χ2n) is 8.45. The maximum absolute atomic E-state index is 13.5. The number of rotatable bonds is 4. The van der Waals surface area contributed by atoms with Gasteiger partial charge in [-0.1, -0.05) is 30.3 Å². The van der Waals surface area contributed by atoms with Gasteiger partial charge in [-0.15, -0.1) is 0 Å². The summed E-state index contributed by atoms with van der Waals surface area (Å²) < 4.78 is 0. The maximum Gasteiger partial charge on any atom is 0.254 e. The van der Waals surface area contributed by atoms with Crippen molar-refractivity contribution in [1.29, 1.82) is 0 Å². The molecule has 0 unspecified atom stereocenters. The van der Waals surface area contributed by atoms with E-state index in [0.29, 0.717) is 37.3 Å². The van der Waals surface area contributed by atoms with Gasteiger partial charge in [0.2, 0.25) is 5.91 Å². The molecular formula is C24H27N3O3. The summed E-state index contributed by atoms with van der Waals surface area (Å²) in [5.41, 5.74) is 2.27. The highest BCUT2D eigenvalue weighted by Gasteiger charge is 2.54. The second kappa shape index (κ2) is 7.69. The monoisotopic (exact) mass is 405 g/mol. The van der Waals surface area contributed by atoms with Crippen molar-refractivity contribution >= 4 is 23.3 Å². The summed E-state index contributed by atoms with van der Waals surface area (Å²) in [4.78, 5) is 42.1. The third kappa shape index (κ3) is 3.41. The lowest BCUT2D eigenvalue weighted by molar-refractivity contribution is -0.114. The second-order valence-corrected chi connectivity index (χ2v) is 8.45. The Labute approximate surface area is 176 Å². The van der Waals surface area contributed by atoms with Gasteiger partial charge in [0.15, 0.2) is 5.78 Å². The summed E-state index contributed by atoms with van der Waals surface area (Å²) in [6.45, 7) is 7.97. The van der Waals surface area contributed by atoms with Gasteiger partial charge in [-0.25, -0.2) is 0 Å². The van der Waals surface area contributed by atoms with E-state index in [4.69, 9.17) is 0 Å². The first-order valence-electron chi connectivity index (χ1n) is 10.4. The fraction of sp³-hybridized carbons (Fsp3) is 0.375. The fourth-order valence-corrected chi connectivity index (χ4v) is 4.86. The van der Waals surface area contributed by atoms with Crippen molar-refractivity contribution in [2.24, 2.45) is 5.41 Å². The minimum atomic E-state index is -0.644. The minimum Gasteiger partial charge on any atom is -0.334 e. The van der Waals surface area contributed by atoms with E-state index in [9.17, 15) is 14.4 Å². The predicted octanol–water partition coefficient (Wildman–Crippen LogP) is 3.19. The zero-order chi connectivity index (χ0) is 21.5. The van der Waals surface area contributed by atoms with Crippen LogP contribution in [-0.2, 0) is 11.3 Å². The molecular weight excluding hydrogens is 378 g/mol. The highest BCUT2D eigenvalue weighted by atomic mass is 16.2. The van der Waals surface area contributed by atoms with Gasteiger partial charge in [0.1, 0.15) is 0 Å². The number of benzene rings is 2. The van der Waals surface area contributed by atoms with Gasteiger partial charge in [0.05, 0.1) is 17.0 Å². The van der Waals surface area contributed by atoms with E-state index in [1.807, 2.05) is 55.1 Å². The molecule has 0 spiro atoms. The summed E-state index contributed by atoms with van der Waals surface area (Å²) in [5, 5.41) is 2.77. The molecule has 2 atom stereocenters. The minimum absolute atomic E-state index is 0.0518. The summed E-state index contributed by atoms with van der Waals surface area (Å²) in [7, 11) is 0. The molecule has 1 N–H and O–H groups in total. The van der Waals surface area contributed by atoms with Gasteiger partial charge in [0.25, 0.3) is 5.91 Å². The number of likely N-dealkylation sites (tertiary alicyclic amines) is 1. The van der Waals surface area contributed by atoms with E-state index in [-0.39, 0.29) is 23.6 Å². The number of ketones is 1. The van der Waals surface area contributed by atoms with Crippen LogP contribution >= 0.6 is 0 Å². The molecule has 6 nitrogen and oxygen atoms in total. The average Bonchev–Trinajstić information content (AvgIpc) is 3.03. The Morgan fingerprint density at radius 2 is 1.77 bits per heavy atom. The smallest absolute Gasteiger partial charge is 0.254 e. The molecule has 0 radical (unpaired) electrons. The lowest BCUT2D eigenvalue weighted by Gasteiger charge is -2.34. The summed E-state index contributed by atoms with van der Waals surface area (Å²) in [6.07, 6.45) is 0. The van der Waals surface area contributed by atoms with E-state index in [1.54, 1.807) is 12.1 Å². The molecule has 2 heterocycles. The topological polar surface area (TPSA) is 69.7 Å². The van der Waals surface area contributed by atoms with Crippen molar-refractivity contribution in [2.75, 3.05) is 25.0 Å². The number of carbonyl (C=O) groups is 3. The average molecular weight is 405 g/mol. The van der Waals surface area contributed by atoms with Crippen molar-refractivity contribution in [1.82, 2.24) is 9.80 Å². The first kappa shape index (κ1) is 20.3. The number of Topliss-reactive ketones (excluding diaryl/α,β-unsaturated/α-hetero) is 1. The van der Waals surface area contributed by atoms with Crippen LogP contribution in [0.2, 0.25) is 0 Å². The van der Waals surface area contributed by atoms with Gasteiger partial charge < -0.3 is 10.2 Å². The van der Waals surface area contributed by atoms with Crippen LogP contribution in [0.15, 0.2) is 48.5 Å². The zero-order valence-corrected chi connectivity index (χ0v) is 17.6. The van der Waals surface area contributed by atoms with E-state index in [2.05, 4.69) is 10.2 Å². The number of likely N-dealkylation sites (N-methyl/N-ethyl adjacent to an activating group) is 1. The predicted molar refractivity (Wildman–Crippen MR) is 115 cm³/mol. The molecule has 0 bridgehead atoms. The van der Waals surface area contributed by atoms with Gasteiger partial charge in [-0.05, 0) is 37.6 Å². The Hall–Kier alpha value is -2.99. The third-order valence-electron chi connectivity index (χ3n) is 6.30. The van der Waals surface area contributed by atoms with Gasteiger partial charge in [-0.3, -0.25) is 19.3 Å². The molecule has 6 heteroatoms. The van der Waals surface area contributed by atoms with Crippen molar-refractivity contribution in [3.63, 3.8) is 0 Å². The van der Waals surface area contributed by atoms with Gasteiger partial charge >= 0.3 is 0 Å². The molecule has 156 valence electrons. The molecule has 4 rings (SSSR count). The molecule has 1 saturated heterocycles. The summed E-state index contributed by atoms with van der Waals surface area (Å²) in [6, 6.07) is 14.8. The Morgan fingerprint density at radius 3 is 2.40 bits per heavy atom. The number of fused-ring (bicyclic) bond motifs is 2. The van der Waals surface area contributed by atoms with Gasteiger partial charge in [-0.2, -0.15) is 0 Å². The van der Waals surface area contributed by atoms with E-state index in [0.717, 1.165) is 11.3 Å². The van der Waals surface area contributed by atoms with Gasteiger partial charge in [0, 0.05) is 44.4 Å². The SMILES string of the molecule is CCN1C(=O)c2ccccc2C(=O)[C@@]2(C)CN(Cc3ccc(NC(C)=O)cc3)C[C@@H]12. The molecule has 2 aromatic carbocycles. The van der Waals surface area contributed by atoms with E-state index >= 15 is 0 Å². The van der Waals surface area contributed by atoms with Crippen LogP contribution in [0.5, 0.6) is 0 Å². The highest BCUT2D eigenvalue weighted by molar-refractivity contribution is 6.12. The lowest BCUT2D eigenvalue weighted by atomic mass is 9.78. The number of carbonyl (C=O) groups excluding carboxylic acids is 3. The van der Waals surface area contributed by atoms with Crippen molar-refractivity contribution < 1.29 is 14.4 Å². The molecule has 2 amide bonds. The Balaban J connectivity index is 1.60. The van der Waals surface area contributed by atoms with Crippen molar-refractivity contribution in [3.8, 4) is 0 Å². The maximum atomic E-state index is 13.5. The Bertz CT molecular complexity index is 1000. The number of amides is 2. The largest absolute Gasteiger partial charge is 0.334 e. The molecule has 0 aliphatic carbocycles. The van der Waals surface area contributed by atoms with Crippen LogP contribution in [0, 0.1) is 5.41 Å². The Kier molecular flexibility index (Phi) is 5.20. The molecule has 30 heavy (non-hydrogen) atoms. The number of nitrogens with zero attached hydrogens (tertiary/aromatic N) is 2. The highest BCUT2D eigenvalue weighted by Crippen LogP contribution is 2.41. The normalized spacial score (nSPS) is 23.7. The van der Waals surface area contributed by atoms with Crippen LogP contribution < -0.4 is 5.32 Å². The third-order valence-corrected chi connectivity index (χ3v) is 6.30. The molecule has 2 aliphatic rings. The van der Waals surface area contributed by atoms with Crippen molar-refractivity contribution in [2.45, 2.75) is 33.4 Å². The van der Waals surface area contributed by atoms with Crippen LogP contribution in [0.1, 0.15) is 47.1 Å². The van der Waals surface area contributed by atoms with E-state index < -0.39 is 5.41 Å². The molecule has 2 aliphatic heterocycles. The Morgan fingerprint density at radius 1 is 1.10 bits per heavy atom. The van der Waals surface area contributed by atoms with Crippen molar-refractivity contribution in [3.05, 3.63) is 65.2 Å². The molecule has 0 aromatic heterocycles. The number of hydrogen-bond donors (Lipinski definition) is 1. The molecule has 0 saturated carbocycles. The number of nitrogens with one attached hydrogen (secondary N) is 1. The lowest BCUT2D eigenvalue weighted by Crippen LogP contribution is -2.49. The summed E-state index contributed by atoms with van der Waals surface area (Å²) in [5.74, 6) is -0.105.